The number of hydrogen-bond donors (Lipinski definition) is 1. The highest BCUT2D eigenvalue weighted by molar-refractivity contribution is 5.08. The Balaban J connectivity index is 2.41. The molecule has 90 valence electrons. The van der Waals surface area contributed by atoms with E-state index in [4.69, 9.17) is 0 Å². The Morgan fingerprint density at radius 1 is 1.44 bits per heavy atom. The molecule has 1 atom stereocenters. The molecule has 0 aliphatic carbocycles. The van der Waals surface area contributed by atoms with E-state index in [1.807, 2.05) is 0 Å². The minimum atomic E-state index is -4.39. The molecule has 16 heavy (non-hydrogen) atoms. The van der Waals surface area contributed by atoms with Crippen LogP contribution in [0.4, 0.5) is 17.6 Å². The van der Waals surface area contributed by atoms with Gasteiger partial charge in [-0.1, -0.05) is 0 Å². The minimum Gasteiger partial charge on any atom is -0.292 e. The number of hydrogen-bond acceptors (Lipinski definition) is 3. The molecule has 7 heteroatoms. The third-order valence-electron chi connectivity index (χ3n) is 1.69. The van der Waals surface area contributed by atoms with Crippen molar-refractivity contribution in [3.05, 3.63) is 29.8 Å². The van der Waals surface area contributed by atoms with Crippen molar-refractivity contribution in [1.82, 2.24) is 10.5 Å². The molecule has 1 N–H and O–H groups in total. The predicted molar refractivity (Wildman–Crippen MR) is 47.8 cm³/mol. The maximum Gasteiger partial charge on any atom is 0.413 e. The zero-order valence-electron chi connectivity index (χ0n) is 8.38. The summed E-state index contributed by atoms with van der Waals surface area (Å²) in [5, 5.41) is 0. The van der Waals surface area contributed by atoms with Crippen LogP contribution in [-0.2, 0) is 4.84 Å². The summed E-state index contributed by atoms with van der Waals surface area (Å²) in [6.45, 7) is 0.162. The Kier molecular flexibility index (Phi) is 4.19. The Labute approximate surface area is 89.4 Å². The molecule has 0 amide bonds. The van der Waals surface area contributed by atoms with Crippen molar-refractivity contribution in [2.75, 3.05) is 6.61 Å². The van der Waals surface area contributed by atoms with Crippen LogP contribution in [0.5, 0.6) is 0 Å². The van der Waals surface area contributed by atoms with Gasteiger partial charge in [-0.3, -0.25) is 9.82 Å². The standard InChI is InChI=1S/C9H10F4N2O/c1-6(15-16-5-9(11,12)13)8-3-2-7(10)4-14-8/h2-4,6,15H,5H2,1H3. The summed E-state index contributed by atoms with van der Waals surface area (Å²) in [4.78, 5) is 7.93. The minimum absolute atomic E-state index is 0.392. The van der Waals surface area contributed by atoms with E-state index in [1.54, 1.807) is 6.92 Å². The molecule has 0 saturated heterocycles. The fourth-order valence-corrected chi connectivity index (χ4v) is 0.952. The quantitative estimate of drug-likeness (QED) is 0.646. The Morgan fingerprint density at radius 2 is 2.12 bits per heavy atom. The van der Waals surface area contributed by atoms with E-state index in [0.717, 1.165) is 6.20 Å². The van der Waals surface area contributed by atoms with E-state index in [0.29, 0.717) is 5.69 Å². The summed E-state index contributed by atoms with van der Waals surface area (Å²) in [5.41, 5.74) is 2.56. The molecule has 0 bridgehead atoms. The summed E-state index contributed by atoms with van der Waals surface area (Å²) < 4.78 is 47.7. The first-order chi connectivity index (χ1) is 7.38. The maximum atomic E-state index is 12.5. The number of aromatic nitrogens is 1. The van der Waals surface area contributed by atoms with Gasteiger partial charge in [0.05, 0.1) is 17.9 Å². The van der Waals surface area contributed by atoms with Crippen molar-refractivity contribution in [2.45, 2.75) is 19.1 Å². The van der Waals surface area contributed by atoms with Crippen LogP contribution in [0.15, 0.2) is 18.3 Å². The molecule has 0 saturated carbocycles. The van der Waals surface area contributed by atoms with Crippen molar-refractivity contribution in [1.29, 1.82) is 0 Å². The highest BCUT2D eigenvalue weighted by Crippen LogP contribution is 2.15. The van der Waals surface area contributed by atoms with Gasteiger partial charge >= 0.3 is 6.18 Å². The van der Waals surface area contributed by atoms with Crippen LogP contribution < -0.4 is 5.48 Å². The number of halogens is 4. The van der Waals surface area contributed by atoms with E-state index < -0.39 is 24.6 Å². The smallest absolute Gasteiger partial charge is 0.292 e. The van der Waals surface area contributed by atoms with Gasteiger partial charge in [-0.2, -0.15) is 18.7 Å². The highest BCUT2D eigenvalue weighted by Gasteiger charge is 2.28. The molecule has 1 aromatic rings. The third kappa shape index (κ3) is 4.54. The van der Waals surface area contributed by atoms with Gasteiger partial charge in [0.25, 0.3) is 0 Å². The van der Waals surface area contributed by atoms with Crippen LogP contribution >= 0.6 is 0 Å². The third-order valence-corrected chi connectivity index (χ3v) is 1.69. The first kappa shape index (κ1) is 12.9. The van der Waals surface area contributed by atoms with Gasteiger partial charge in [0.2, 0.25) is 0 Å². The molecule has 0 aliphatic heterocycles. The summed E-state index contributed by atoms with van der Waals surface area (Å²) in [6.07, 6.45) is -3.40. The topological polar surface area (TPSA) is 34.1 Å². The molecule has 0 radical (unpaired) electrons. The number of nitrogens with one attached hydrogen (secondary N) is 1. The van der Waals surface area contributed by atoms with E-state index in [1.165, 1.54) is 12.1 Å². The van der Waals surface area contributed by atoms with Crippen LogP contribution in [0.25, 0.3) is 0 Å². The van der Waals surface area contributed by atoms with Gasteiger partial charge in [0, 0.05) is 0 Å². The van der Waals surface area contributed by atoms with Gasteiger partial charge in [0.1, 0.15) is 5.82 Å². The fraction of sp³-hybridized carbons (Fsp3) is 0.444. The number of alkyl halides is 3. The second-order valence-electron chi connectivity index (χ2n) is 3.14. The van der Waals surface area contributed by atoms with Gasteiger partial charge in [-0.15, -0.1) is 0 Å². The van der Waals surface area contributed by atoms with Crippen LogP contribution in [0.1, 0.15) is 18.7 Å². The van der Waals surface area contributed by atoms with Crippen LogP contribution in [-0.4, -0.2) is 17.8 Å². The summed E-state index contributed by atoms with van der Waals surface area (Å²) in [7, 11) is 0. The average Bonchev–Trinajstić information content (AvgIpc) is 2.16. The monoisotopic (exact) mass is 238 g/mol. The van der Waals surface area contributed by atoms with Crippen LogP contribution in [0.2, 0.25) is 0 Å². The Bertz CT molecular complexity index is 325. The van der Waals surface area contributed by atoms with Crippen molar-refractivity contribution in [2.24, 2.45) is 0 Å². The van der Waals surface area contributed by atoms with Crippen molar-refractivity contribution >= 4 is 0 Å². The van der Waals surface area contributed by atoms with E-state index >= 15 is 0 Å². The molecule has 1 aromatic heterocycles. The lowest BCUT2D eigenvalue weighted by atomic mass is 10.2. The Hall–Kier alpha value is -1.21. The molecular formula is C9H10F4N2O. The van der Waals surface area contributed by atoms with Crippen molar-refractivity contribution < 1.29 is 22.4 Å². The molecule has 0 spiro atoms. The number of rotatable bonds is 4. The average molecular weight is 238 g/mol. The molecular weight excluding hydrogens is 228 g/mol. The normalized spacial score (nSPS) is 13.8. The number of hydroxylamine groups is 1. The summed E-state index contributed by atoms with van der Waals surface area (Å²) in [5.74, 6) is -0.507. The largest absolute Gasteiger partial charge is 0.413 e. The molecule has 1 rings (SSSR count). The first-order valence-electron chi connectivity index (χ1n) is 4.44. The van der Waals surface area contributed by atoms with E-state index in [-0.39, 0.29) is 0 Å². The molecule has 0 aliphatic rings. The van der Waals surface area contributed by atoms with Gasteiger partial charge in [-0.25, -0.2) is 4.39 Å². The summed E-state index contributed by atoms with van der Waals surface area (Å²) in [6, 6.07) is 1.98. The molecule has 1 heterocycles. The zero-order valence-corrected chi connectivity index (χ0v) is 8.38. The lowest BCUT2D eigenvalue weighted by Crippen LogP contribution is -2.27. The number of pyridine rings is 1. The molecule has 0 fully saturated rings. The van der Waals surface area contributed by atoms with E-state index in [2.05, 4.69) is 15.3 Å². The second-order valence-corrected chi connectivity index (χ2v) is 3.14. The molecule has 1 unspecified atom stereocenters. The SMILES string of the molecule is CC(NOCC(F)(F)F)c1ccc(F)cn1. The summed E-state index contributed by atoms with van der Waals surface area (Å²) >= 11 is 0. The van der Waals surface area contributed by atoms with Gasteiger partial charge in [-0.05, 0) is 19.1 Å². The Morgan fingerprint density at radius 3 is 2.62 bits per heavy atom. The molecule has 0 aromatic carbocycles. The highest BCUT2D eigenvalue weighted by atomic mass is 19.4. The van der Waals surface area contributed by atoms with Gasteiger partial charge in [0.15, 0.2) is 6.61 Å². The van der Waals surface area contributed by atoms with Crippen LogP contribution in [0, 0.1) is 5.82 Å². The van der Waals surface area contributed by atoms with Gasteiger partial charge < -0.3 is 0 Å². The van der Waals surface area contributed by atoms with Crippen molar-refractivity contribution in [3.63, 3.8) is 0 Å². The first-order valence-corrected chi connectivity index (χ1v) is 4.44. The maximum absolute atomic E-state index is 12.5. The van der Waals surface area contributed by atoms with Crippen LogP contribution in [0.3, 0.4) is 0 Å². The molecule has 3 nitrogen and oxygen atoms in total. The van der Waals surface area contributed by atoms with E-state index in [9.17, 15) is 17.6 Å². The van der Waals surface area contributed by atoms with Crippen molar-refractivity contribution in [3.8, 4) is 0 Å². The number of nitrogens with zero attached hydrogens (tertiary/aromatic N) is 1. The lowest BCUT2D eigenvalue weighted by molar-refractivity contribution is -0.192. The predicted octanol–water partition coefficient (Wildman–Crippen LogP) is 2.37. The lowest BCUT2D eigenvalue weighted by Gasteiger charge is -2.14. The fourth-order valence-electron chi connectivity index (χ4n) is 0.952. The zero-order chi connectivity index (χ0) is 12.2. The second kappa shape index (κ2) is 5.22.